The van der Waals surface area contributed by atoms with Crippen molar-refractivity contribution in [2.45, 2.75) is 32.4 Å². The Bertz CT molecular complexity index is 919. The van der Waals surface area contributed by atoms with Crippen LogP contribution < -0.4 is 10.6 Å². The zero-order valence-electron chi connectivity index (χ0n) is 18.7. The maximum absolute atomic E-state index is 12.7. The normalized spacial score (nSPS) is 19.8. The molecule has 1 aromatic rings. The second kappa shape index (κ2) is 9.79. The Hall–Kier alpha value is -2.78. The number of carbonyl (C=O) groups is 3. The standard InChI is InChI=1S/C22H29ClN4O5/c1-22(2,3)32-21(30)27-11-9-26(10-12-27)13-16-17(19(28)31-4)18(25-20(29)24-16)14-7-5-6-8-15(14)23/h5-8,18H,9-13H2,1-4H3,(H2,24,25,29)/t18-/m0/s1. The molecule has 0 bridgehead atoms. The van der Waals surface area contributed by atoms with E-state index >= 15 is 0 Å². The molecule has 3 amide bonds. The Morgan fingerprint density at radius 3 is 2.41 bits per heavy atom. The van der Waals surface area contributed by atoms with Crippen LogP contribution in [0.2, 0.25) is 5.02 Å². The summed E-state index contributed by atoms with van der Waals surface area (Å²) >= 11 is 6.34. The first-order valence-electron chi connectivity index (χ1n) is 10.4. The molecule has 2 aliphatic heterocycles. The molecule has 1 atom stereocenters. The van der Waals surface area contributed by atoms with Crippen molar-refractivity contribution >= 4 is 29.7 Å². The van der Waals surface area contributed by atoms with Crippen molar-refractivity contribution in [2.24, 2.45) is 0 Å². The fourth-order valence-electron chi connectivity index (χ4n) is 3.67. The van der Waals surface area contributed by atoms with E-state index in [1.807, 2.05) is 20.8 Å². The van der Waals surface area contributed by atoms with Crippen LogP contribution in [0.1, 0.15) is 32.4 Å². The zero-order chi connectivity index (χ0) is 23.5. The second-order valence-electron chi connectivity index (χ2n) is 8.68. The van der Waals surface area contributed by atoms with E-state index in [2.05, 4.69) is 15.5 Å². The number of rotatable bonds is 4. The first kappa shape index (κ1) is 23.9. The van der Waals surface area contributed by atoms with Gasteiger partial charge >= 0.3 is 18.1 Å². The largest absolute Gasteiger partial charge is 0.466 e. The molecule has 9 nitrogen and oxygen atoms in total. The Morgan fingerprint density at radius 2 is 1.81 bits per heavy atom. The lowest BCUT2D eigenvalue weighted by Crippen LogP contribution is -2.53. The zero-order valence-corrected chi connectivity index (χ0v) is 19.5. The van der Waals surface area contributed by atoms with Crippen LogP contribution in [0, 0.1) is 0 Å². The van der Waals surface area contributed by atoms with Crippen molar-refractivity contribution in [3.05, 3.63) is 46.1 Å². The average molecular weight is 465 g/mol. The number of piperazine rings is 1. The van der Waals surface area contributed by atoms with E-state index in [1.54, 1.807) is 29.2 Å². The first-order valence-corrected chi connectivity index (χ1v) is 10.8. The van der Waals surface area contributed by atoms with E-state index in [4.69, 9.17) is 21.1 Å². The maximum atomic E-state index is 12.7. The minimum absolute atomic E-state index is 0.301. The summed E-state index contributed by atoms with van der Waals surface area (Å²) in [6.07, 6.45) is -0.347. The van der Waals surface area contributed by atoms with Crippen molar-refractivity contribution in [1.82, 2.24) is 20.4 Å². The molecule has 174 valence electrons. The molecule has 1 saturated heterocycles. The van der Waals surface area contributed by atoms with Crippen molar-refractivity contribution in [2.75, 3.05) is 39.8 Å². The van der Waals surface area contributed by atoms with E-state index in [0.717, 1.165) is 0 Å². The van der Waals surface area contributed by atoms with Gasteiger partial charge in [0.1, 0.15) is 5.60 Å². The van der Waals surface area contributed by atoms with Gasteiger partial charge in [0, 0.05) is 43.4 Å². The highest BCUT2D eigenvalue weighted by Crippen LogP contribution is 2.32. The number of esters is 1. The molecule has 3 rings (SSSR count). The number of nitrogens with zero attached hydrogens (tertiary/aromatic N) is 2. The van der Waals surface area contributed by atoms with Gasteiger partial charge in [-0.15, -0.1) is 0 Å². The van der Waals surface area contributed by atoms with Crippen molar-refractivity contribution in [3.63, 3.8) is 0 Å². The Kier molecular flexibility index (Phi) is 7.30. The van der Waals surface area contributed by atoms with Crippen LogP contribution in [0.3, 0.4) is 0 Å². The highest BCUT2D eigenvalue weighted by molar-refractivity contribution is 6.31. The van der Waals surface area contributed by atoms with Crippen LogP contribution in [0.5, 0.6) is 0 Å². The average Bonchev–Trinajstić information content (AvgIpc) is 2.72. The summed E-state index contributed by atoms with van der Waals surface area (Å²) in [6.45, 7) is 7.91. The first-order chi connectivity index (χ1) is 15.1. The van der Waals surface area contributed by atoms with Gasteiger partial charge in [0.15, 0.2) is 0 Å². The van der Waals surface area contributed by atoms with Crippen LogP contribution in [0.4, 0.5) is 9.59 Å². The molecule has 0 radical (unpaired) electrons. The maximum Gasteiger partial charge on any atom is 0.410 e. The molecule has 0 aromatic heterocycles. The number of benzene rings is 1. The van der Waals surface area contributed by atoms with Crippen molar-refractivity contribution < 1.29 is 23.9 Å². The van der Waals surface area contributed by atoms with Gasteiger partial charge < -0.3 is 25.0 Å². The van der Waals surface area contributed by atoms with Gasteiger partial charge in [-0.1, -0.05) is 29.8 Å². The van der Waals surface area contributed by atoms with Crippen LogP contribution >= 0.6 is 11.6 Å². The predicted octanol–water partition coefficient (Wildman–Crippen LogP) is 2.67. The molecular weight excluding hydrogens is 436 g/mol. The summed E-state index contributed by atoms with van der Waals surface area (Å²) in [6, 6.07) is 5.88. The number of carbonyl (C=O) groups excluding carboxylic acids is 3. The number of ether oxygens (including phenoxy) is 2. The quantitative estimate of drug-likeness (QED) is 0.664. The summed E-state index contributed by atoms with van der Waals surface area (Å²) in [7, 11) is 1.30. The number of halogens is 1. The minimum Gasteiger partial charge on any atom is -0.466 e. The lowest BCUT2D eigenvalue weighted by Gasteiger charge is -2.37. The van der Waals surface area contributed by atoms with Crippen LogP contribution in [-0.4, -0.2) is 73.3 Å². The van der Waals surface area contributed by atoms with Gasteiger partial charge in [-0.25, -0.2) is 14.4 Å². The fraction of sp³-hybridized carbons (Fsp3) is 0.500. The number of hydrogen-bond donors (Lipinski definition) is 2. The molecule has 0 spiro atoms. The van der Waals surface area contributed by atoms with Crippen molar-refractivity contribution in [1.29, 1.82) is 0 Å². The van der Waals surface area contributed by atoms with Gasteiger partial charge in [0.2, 0.25) is 0 Å². The SMILES string of the molecule is COC(=O)C1=C(CN2CCN(C(=O)OC(C)(C)C)CC2)NC(=O)N[C@H]1c1ccccc1Cl. The van der Waals surface area contributed by atoms with Gasteiger partial charge in [0.25, 0.3) is 0 Å². The van der Waals surface area contributed by atoms with Crippen LogP contribution in [-0.2, 0) is 14.3 Å². The van der Waals surface area contributed by atoms with Gasteiger partial charge in [-0.3, -0.25) is 4.90 Å². The smallest absolute Gasteiger partial charge is 0.410 e. The molecule has 2 N–H and O–H groups in total. The van der Waals surface area contributed by atoms with E-state index in [1.165, 1.54) is 7.11 Å². The van der Waals surface area contributed by atoms with Crippen LogP contribution in [0.25, 0.3) is 0 Å². The second-order valence-corrected chi connectivity index (χ2v) is 9.09. The van der Waals surface area contributed by atoms with Crippen LogP contribution in [0.15, 0.2) is 35.5 Å². The third kappa shape index (κ3) is 5.72. The summed E-state index contributed by atoms with van der Waals surface area (Å²) in [5.74, 6) is -0.551. The molecular formula is C22H29ClN4O5. The highest BCUT2D eigenvalue weighted by atomic mass is 35.5. The Labute approximate surface area is 192 Å². The summed E-state index contributed by atoms with van der Waals surface area (Å²) in [5.41, 5.74) is 0.810. The lowest BCUT2D eigenvalue weighted by molar-refractivity contribution is -0.136. The Morgan fingerprint density at radius 1 is 1.16 bits per heavy atom. The number of nitrogens with one attached hydrogen (secondary N) is 2. The minimum atomic E-state index is -0.733. The molecule has 0 saturated carbocycles. The summed E-state index contributed by atoms with van der Waals surface area (Å²) in [5, 5.41) is 5.96. The molecule has 1 aromatic carbocycles. The number of methoxy groups -OCH3 is 1. The lowest BCUT2D eigenvalue weighted by atomic mass is 9.95. The third-order valence-electron chi connectivity index (χ3n) is 5.18. The molecule has 2 aliphatic rings. The van der Waals surface area contributed by atoms with Gasteiger partial charge in [-0.2, -0.15) is 0 Å². The van der Waals surface area contributed by atoms with Gasteiger partial charge in [-0.05, 0) is 32.4 Å². The number of urea groups is 1. The summed E-state index contributed by atoms with van der Waals surface area (Å²) < 4.78 is 10.4. The van der Waals surface area contributed by atoms with Crippen molar-refractivity contribution in [3.8, 4) is 0 Å². The topological polar surface area (TPSA) is 100 Å². The highest BCUT2D eigenvalue weighted by Gasteiger charge is 2.35. The summed E-state index contributed by atoms with van der Waals surface area (Å²) in [4.78, 5) is 41.1. The molecule has 0 unspecified atom stereocenters. The van der Waals surface area contributed by atoms with E-state index in [-0.39, 0.29) is 6.09 Å². The number of hydrogen-bond acceptors (Lipinski definition) is 6. The molecule has 32 heavy (non-hydrogen) atoms. The number of amides is 3. The fourth-order valence-corrected chi connectivity index (χ4v) is 3.92. The van der Waals surface area contributed by atoms with E-state index < -0.39 is 23.6 Å². The van der Waals surface area contributed by atoms with E-state index in [9.17, 15) is 14.4 Å². The molecule has 10 heteroatoms. The molecule has 1 fully saturated rings. The third-order valence-corrected chi connectivity index (χ3v) is 5.53. The van der Waals surface area contributed by atoms with Gasteiger partial charge in [0.05, 0.1) is 18.7 Å². The Balaban J connectivity index is 1.79. The molecule has 2 heterocycles. The predicted molar refractivity (Wildman–Crippen MR) is 119 cm³/mol. The molecule has 0 aliphatic carbocycles. The van der Waals surface area contributed by atoms with E-state index in [0.29, 0.717) is 54.6 Å². The monoisotopic (exact) mass is 464 g/mol.